The Kier molecular flexibility index (Phi) is 5.02. The standard InChI is InChI=1S/C13H15ClN4O3/c14-9-2-1-3-10(6-9)17-12(20)15-5-4-8-7-16-13(21)18-11(8)19/h1-3,6-7,11,19H,4-5H2,(H2,15,17,20)(H2,16,18,21). The second-order valence-electron chi connectivity index (χ2n) is 4.38. The Hall–Kier alpha value is -2.25. The number of amides is 4. The smallest absolute Gasteiger partial charge is 0.321 e. The topological polar surface area (TPSA) is 102 Å². The van der Waals surface area contributed by atoms with E-state index in [0.29, 0.717) is 29.2 Å². The van der Waals surface area contributed by atoms with E-state index < -0.39 is 12.3 Å². The highest BCUT2D eigenvalue weighted by molar-refractivity contribution is 6.30. The minimum Gasteiger partial charge on any atom is -0.370 e. The molecule has 0 radical (unpaired) electrons. The first-order valence-electron chi connectivity index (χ1n) is 6.29. The molecule has 1 aromatic carbocycles. The number of benzene rings is 1. The summed E-state index contributed by atoms with van der Waals surface area (Å²) < 4.78 is 0. The third-order valence-electron chi connectivity index (χ3n) is 2.79. The Labute approximate surface area is 126 Å². The molecule has 112 valence electrons. The SMILES string of the molecule is O=C(NCCC1=CNC(=O)NC1O)Nc1cccc(Cl)c1. The van der Waals surface area contributed by atoms with Crippen LogP contribution < -0.4 is 21.3 Å². The summed E-state index contributed by atoms with van der Waals surface area (Å²) in [7, 11) is 0. The molecule has 1 heterocycles. The van der Waals surface area contributed by atoms with Crippen molar-refractivity contribution in [3.05, 3.63) is 41.1 Å². The summed E-state index contributed by atoms with van der Waals surface area (Å²) >= 11 is 5.81. The van der Waals surface area contributed by atoms with Crippen LogP contribution in [0.4, 0.5) is 15.3 Å². The van der Waals surface area contributed by atoms with Crippen LogP contribution in [0.3, 0.4) is 0 Å². The van der Waals surface area contributed by atoms with Crippen LogP contribution in [-0.2, 0) is 0 Å². The molecule has 4 amide bonds. The average molecular weight is 311 g/mol. The number of carbonyl (C=O) groups is 2. The second kappa shape index (κ2) is 6.96. The van der Waals surface area contributed by atoms with E-state index in [1.54, 1.807) is 24.3 Å². The summed E-state index contributed by atoms with van der Waals surface area (Å²) in [5, 5.41) is 20.1. The molecule has 21 heavy (non-hydrogen) atoms. The van der Waals surface area contributed by atoms with Crippen LogP contribution in [-0.4, -0.2) is 29.9 Å². The monoisotopic (exact) mass is 310 g/mol. The van der Waals surface area contributed by atoms with Crippen LogP contribution in [0.2, 0.25) is 5.02 Å². The summed E-state index contributed by atoms with van der Waals surface area (Å²) in [4.78, 5) is 22.6. The highest BCUT2D eigenvalue weighted by Gasteiger charge is 2.18. The molecule has 5 N–H and O–H groups in total. The highest BCUT2D eigenvalue weighted by Crippen LogP contribution is 2.14. The zero-order valence-corrected chi connectivity index (χ0v) is 11.8. The maximum absolute atomic E-state index is 11.7. The molecule has 2 rings (SSSR count). The third kappa shape index (κ3) is 4.66. The number of aliphatic hydroxyl groups excluding tert-OH is 1. The number of aliphatic hydroxyl groups is 1. The van der Waals surface area contributed by atoms with Crippen molar-refractivity contribution in [1.82, 2.24) is 16.0 Å². The Morgan fingerprint density at radius 1 is 1.43 bits per heavy atom. The van der Waals surface area contributed by atoms with Gasteiger partial charge in [0.1, 0.15) is 0 Å². The van der Waals surface area contributed by atoms with Crippen LogP contribution in [0.15, 0.2) is 36.0 Å². The Morgan fingerprint density at radius 2 is 2.24 bits per heavy atom. The van der Waals surface area contributed by atoms with Gasteiger partial charge >= 0.3 is 12.1 Å². The largest absolute Gasteiger partial charge is 0.370 e. The normalized spacial score (nSPS) is 17.3. The van der Waals surface area contributed by atoms with Crippen molar-refractivity contribution in [2.75, 3.05) is 11.9 Å². The lowest BCUT2D eigenvalue weighted by atomic mass is 10.1. The van der Waals surface area contributed by atoms with Crippen LogP contribution in [0.1, 0.15) is 6.42 Å². The second-order valence-corrected chi connectivity index (χ2v) is 4.82. The summed E-state index contributed by atoms with van der Waals surface area (Å²) in [5.41, 5.74) is 1.17. The van der Waals surface area contributed by atoms with E-state index in [4.69, 9.17) is 11.6 Å². The maximum Gasteiger partial charge on any atom is 0.321 e. The molecule has 1 aromatic rings. The molecule has 1 atom stereocenters. The van der Waals surface area contributed by atoms with E-state index in [1.807, 2.05) is 0 Å². The lowest BCUT2D eigenvalue weighted by Gasteiger charge is -2.21. The van der Waals surface area contributed by atoms with Gasteiger partial charge in [0.05, 0.1) is 0 Å². The zero-order chi connectivity index (χ0) is 15.2. The molecule has 1 unspecified atom stereocenters. The highest BCUT2D eigenvalue weighted by atomic mass is 35.5. The van der Waals surface area contributed by atoms with Crippen molar-refractivity contribution in [1.29, 1.82) is 0 Å². The van der Waals surface area contributed by atoms with Gasteiger partial charge in [-0.1, -0.05) is 17.7 Å². The van der Waals surface area contributed by atoms with E-state index in [2.05, 4.69) is 21.3 Å². The number of rotatable bonds is 4. The van der Waals surface area contributed by atoms with Gasteiger partial charge in [-0.3, -0.25) is 0 Å². The predicted octanol–water partition coefficient (Wildman–Crippen LogP) is 1.37. The quantitative estimate of drug-likeness (QED) is 0.580. The fourth-order valence-corrected chi connectivity index (χ4v) is 1.96. The summed E-state index contributed by atoms with van der Waals surface area (Å²) in [6, 6.07) is 5.96. The minimum atomic E-state index is -1.03. The van der Waals surface area contributed by atoms with Gasteiger partial charge < -0.3 is 26.4 Å². The molecule has 0 saturated heterocycles. The first-order valence-corrected chi connectivity index (χ1v) is 6.67. The van der Waals surface area contributed by atoms with E-state index in [9.17, 15) is 14.7 Å². The average Bonchev–Trinajstić information content (AvgIpc) is 2.41. The fourth-order valence-electron chi connectivity index (χ4n) is 1.77. The Bertz CT molecular complexity index is 576. The first kappa shape index (κ1) is 15.1. The summed E-state index contributed by atoms with van der Waals surface area (Å²) in [6.07, 6.45) is 0.800. The number of carbonyl (C=O) groups excluding carboxylic acids is 2. The van der Waals surface area contributed by atoms with Crippen molar-refractivity contribution >= 4 is 29.4 Å². The van der Waals surface area contributed by atoms with Crippen LogP contribution in [0, 0.1) is 0 Å². The fraction of sp³-hybridized carbons (Fsp3) is 0.231. The van der Waals surface area contributed by atoms with Crippen LogP contribution in [0.5, 0.6) is 0 Å². The molecule has 0 bridgehead atoms. The van der Waals surface area contributed by atoms with Gasteiger partial charge in [-0.25, -0.2) is 9.59 Å². The van der Waals surface area contributed by atoms with Crippen molar-refractivity contribution < 1.29 is 14.7 Å². The van der Waals surface area contributed by atoms with Crippen molar-refractivity contribution in [2.24, 2.45) is 0 Å². The lowest BCUT2D eigenvalue weighted by molar-refractivity contribution is 0.161. The van der Waals surface area contributed by atoms with Gasteiger partial charge in [-0.05, 0) is 30.2 Å². The zero-order valence-electron chi connectivity index (χ0n) is 11.0. The van der Waals surface area contributed by atoms with Gasteiger partial charge in [-0.15, -0.1) is 0 Å². The van der Waals surface area contributed by atoms with Crippen LogP contribution in [0.25, 0.3) is 0 Å². The number of anilines is 1. The molecule has 0 fully saturated rings. The number of hydrogen-bond donors (Lipinski definition) is 5. The number of hydrogen-bond acceptors (Lipinski definition) is 3. The predicted molar refractivity (Wildman–Crippen MR) is 78.8 cm³/mol. The number of halogens is 1. The molecule has 0 aromatic heterocycles. The summed E-state index contributed by atoms with van der Waals surface area (Å²) in [6.45, 7) is 0.312. The Balaban J connectivity index is 1.76. The molecule has 1 aliphatic rings. The molecular weight excluding hydrogens is 296 g/mol. The Morgan fingerprint density at radius 3 is 2.95 bits per heavy atom. The van der Waals surface area contributed by atoms with Crippen molar-refractivity contribution in [2.45, 2.75) is 12.6 Å². The van der Waals surface area contributed by atoms with E-state index in [1.165, 1.54) is 6.20 Å². The molecule has 7 nitrogen and oxygen atoms in total. The first-order chi connectivity index (χ1) is 10.0. The van der Waals surface area contributed by atoms with Gasteiger partial charge in [-0.2, -0.15) is 0 Å². The molecule has 8 heteroatoms. The van der Waals surface area contributed by atoms with E-state index in [0.717, 1.165) is 0 Å². The van der Waals surface area contributed by atoms with Crippen LogP contribution >= 0.6 is 11.6 Å². The maximum atomic E-state index is 11.7. The van der Waals surface area contributed by atoms with Crippen molar-refractivity contribution in [3.8, 4) is 0 Å². The van der Waals surface area contributed by atoms with Crippen molar-refractivity contribution in [3.63, 3.8) is 0 Å². The number of nitrogens with one attached hydrogen (secondary N) is 4. The third-order valence-corrected chi connectivity index (χ3v) is 3.02. The van der Waals surface area contributed by atoms with Gasteiger partial charge in [0.2, 0.25) is 0 Å². The van der Waals surface area contributed by atoms with E-state index in [-0.39, 0.29) is 6.03 Å². The van der Waals surface area contributed by atoms with Gasteiger partial charge in [0.15, 0.2) is 6.23 Å². The minimum absolute atomic E-state index is 0.312. The lowest BCUT2D eigenvalue weighted by Crippen LogP contribution is -2.46. The molecule has 0 aliphatic carbocycles. The molecule has 0 saturated carbocycles. The number of urea groups is 2. The molecule has 1 aliphatic heterocycles. The van der Waals surface area contributed by atoms with Gasteiger partial charge in [0, 0.05) is 23.5 Å². The van der Waals surface area contributed by atoms with E-state index >= 15 is 0 Å². The summed E-state index contributed by atoms with van der Waals surface area (Å²) in [5.74, 6) is 0. The molecular formula is C13H15ClN4O3. The van der Waals surface area contributed by atoms with Gasteiger partial charge in [0.25, 0.3) is 0 Å². The molecule has 0 spiro atoms.